The van der Waals surface area contributed by atoms with Crippen LogP contribution in [-0.4, -0.2) is 29.0 Å². The molecule has 0 saturated carbocycles. The minimum absolute atomic E-state index is 0.125. The Morgan fingerprint density at radius 3 is 2.63 bits per heavy atom. The van der Waals surface area contributed by atoms with Crippen molar-refractivity contribution in [2.24, 2.45) is 5.73 Å². The van der Waals surface area contributed by atoms with E-state index in [9.17, 15) is 0 Å². The number of rotatable bonds is 5. The molecule has 0 aliphatic carbocycles. The van der Waals surface area contributed by atoms with E-state index in [0.29, 0.717) is 0 Å². The monoisotopic (exact) mass is 259 g/mol. The van der Waals surface area contributed by atoms with Crippen molar-refractivity contribution in [1.82, 2.24) is 9.88 Å². The second-order valence-electron chi connectivity index (χ2n) is 5.98. The number of benzene rings is 1. The first-order valence-electron chi connectivity index (χ1n) is 6.93. The van der Waals surface area contributed by atoms with Gasteiger partial charge in [0.25, 0.3) is 0 Å². The number of nitrogens with zero attached hydrogens (tertiary/aromatic N) is 1. The first-order chi connectivity index (χ1) is 8.95. The lowest BCUT2D eigenvalue weighted by molar-refractivity contribution is 0.140. The number of hydrogen-bond donors (Lipinski definition) is 2. The van der Waals surface area contributed by atoms with Crippen molar-refractivity contribution in [1.29, 1.82) is 0 Å². The highest BCUT2D eigenvalue weighted by Gasteiger charge is 2.23. The van der Waals surface area contributed by atoms with Crippen molar-refractivity contribution in [2.75, 3.05) is 13.6 Å². The molecule has 0 radical (unpaired) electrons. The Balaban J connectivity index is 2.28. The zero-order valence-electron chi connectivity index (χ0n) is 12.5. The Hall–Kier alpha value is -1.32. The number of fused-ring (bicyclic) bond motifs is 1. The average molecular weight is 259 g/mol. The van der Waals surface area contributed by atoms with E-state index in [1.165, 1.54) is 22.2 Å². The van der Waals surface area contributed by atoms with Crippen LogP contribution in [0.5, 0.6) is 0 Å². The fourth-order valence-electron chi connectivity index (χ4n) is 2.53. The molecule has 0 fully saturated rings. The van der Waals surface area contributed by atoms with E-state index in [4.69, 9.17) is 5.73 Å². The number of aryl methyl sites for hydroxylation is 1. The van der Waals surface area contributed by atoms with Gasteiger partial charge < -0.3 is 10.7 Å². The molecule has 0 aliphatic rings. The molecule has 0 amide bonds. The number of nitrogens with one attached hydrogen (secondary N) is 1. The summed E-state index contributed by atoms with van der Waals surface area (Å²) in [6.07, 6.45) is 1.00. The molecule has 3 heteroatoms. The number of nitrogens with two attached hydrogens (primary N) is 1. The number of hydrogen-bond acceptors (Lipinski definition) is 2. The highest BCUT2D eigenvalue weighted by atomic mass is 15.2. The largest absolute Gasteiger partial charge is 0.358 e. The number of aromatic amines is 1. The Bertz CT molecular complexity index is 554. The minimum Gasteiger partial charge on any atom is -0.358 e. The predicted molar refractivity (Wildman–Crippen MR) is 82.3 cm³/mol. The zero-order chi connectivity index (χ0) is 14.0. The van der Waals surface area contributed by atoms with Crippen LogP contribution >= 0.6 is 0 Å². The molecule has 0 saturated heterocycles. The quantitative estimate of drug-likeness (QED) is 0.867. The van der Waals surface area contributed by atoms with E-state index >= 15 is 0 Å². The minimum atomic E-state index is 0.125. The highest BCUT2D eigenvalue weighted by Crippen LogP contribution is 2.26. The molecule has 0 atom stereocenters. The summed E-state index contributed by atoms with van der Waals surface area (Å²) in [5.74, 6) is 0. The Labute approximate surface area is 115 Å². The van der Waals surface area contributed by atoms with Crippen LogP contribution in [0.4, 0.5) is 0 Å². The third kappa shape index (κ3) is 2.82. The van der Waals surface area contributed by atoms with Gasteiger partial charge in [-0.1, -0.05) is 18.2 Å². The second kappa shape index (κ2) is 5.35. The number of para-hydroxylation sites is 1. The van der Waals surface area contributed by atoms with Gasteiger partial charge in [0.05, 0.1) is 0 Å². The Kier molecular flexibility index (Phi) is 3.97. The van der Waals surface area contributed by atoms with E-state index in [0.717, 1.165) is 19.5 Å². The molecule has 1 aromatic carbocycles. The molecule has 1 heterocycles. The standard InChI is InChI=1S/C16H25N3/c1-12-14(11-19(4)16(2,3)9-10-17)13-7-5-6-8-15(13)18-12/h5-8,18H,9-11,17H2,1-4H3. The van der Waals surface area contributed by atoms with Crippen molar-refractivity contribution in [3.63, 3.8) is 0 Å². The molecule has 0 bridgehead atoms. The van der Waals surface area contributed by atoms with Crippen molar-refractivity contribution < 1.29 is 0 Å². The second-order valence-corrected chi connectivity index (χ2v) is 5.98. The highest BCUT2D eigenvalue weighted by molar-refractivity contribution is 5.84. The summed E-state index contributed by atoms with van der Waals surface area (Å²) >= 11 is 0. The van der Waals surface area contributed by atoms with Gasteiger partial charge in [-0.05, 0) is 52.4 Å². The van der Waals surface area contributed by atoms with E-state index in [-0.39, 0.29) is 5.54 Å². The molecular formula is C16H25N3. The van der Waals surface area contributed by atoms with Crippen LogP contribution in [0.2, 0.25) is 0 Å². The third-order valence-electron chi connectivity index (χ3n) is 4.21. The van der Waals surface area contributed by atoms with Crippen LogP contribution in [0.25, 0.3) is 10.9 Å². The zero-order valence-corrected chi connectivity index (χ0v) is 12.5. The van der Waals surface area contributed by atoms with Crippen LogP contribution in [0.15, 0.2) is 24.3 Å². The molecule has 0 aliphatic heterocycles. The fourth-order valence-corrected chi connectivity index (χ4v) is 2.53. The maximum absolute atomic E-state index is 5.71. The third-order valence-corrected chi connectivity index (χ3v) is 4.21. The van der Waals surface area contributed by atoms with Crippen LogP contribution < -0.4 is 5.73 Å². The number of aromatic nitrogens is 1. The van der Waals surface area contributed by atoms with Crippen molar-refractivity contribution >= 4 is 10.9 Å². The SMILES string of the molecule is Cc1[nH]c2ccccc2c1CN(C)C(C)(C)CCN. The summed E-state index contributed by atoms with van der Waals surface area (Å²) in [5.41, 5.74) is 9.71. The molecule has 3 N–H and O–H groups in total. The lowest BCUT2D eigenvalue weighted by Crippen LogP contribution is -2.42. The smallest absolute Gasteiger partial charge is 0.0459 e. The molecule has 1 aromatic heterocycles. The maximum atomic E-state index is 5.71. The molecular weight excluding hydrogens is 234 g/mol. The maximum Gasteiger partial charge on any atom is 0.0459 e. The van der Waals surface area contributed by atoms with Crippen LogP contribution in [-0.2, 0) is 6.54 Å². The lowest BCUT2D eigenvalue weighted by Gasteiger charge is -2.35. The van der Waals surface area contributed by atoms with Crippen molar-refractivity contribution in [2.45, 2.75) is 39.3 Å². The Morgan fingerprint density at radius 2 is 1.95 bits per heavy atom. The first-order valence-corrected chi connectivity index (χ1v) is 6.93. The van der Waals surface area contributed by atoms with E-state index in [1.807, 2.05) is 0 Å². The van der Waals surface area contributed by atoms with Gasteiger partial charge in [-0.15, -0.1) is 0 Å². The first kappa shape index (κ1) is 14.1. The molecule has 104 valence electrons. The van der Waals surface area contributed by atoms with Gasteiger partial charge in [0.15, 0.2) is 0 Å². The van der Waals surface area contributed by atoms with Gasteiger partial charge in [0.1, 0.15) is 0 Å². The van der Waals surface area contributed by atoms with Gasteiger partial charge in [-0.3, -0.25) is 4.90 Å². The van der Waals surface area contributed by atoms with Gasteiger partial charge >= 0.3 is 0 Å². The summed E-state index contributed by atoms with van der Waals surface area (Å²) in [7, 11) is 2.18. The van der Waals surface area contributed by atoms with Crippen molar-refractivity contribution in [3.8, 4) is 0 Å². The van der Waals surface area contributed by atoms with E-state index in [1.54, 1.807) is 0 Å². The van der Waals surface area contributed by atoms with Crippen molar-refractivity contribution in [3.05, 3.63) is 35.5 Å². The molecule has 2 aromatic rings. The van der Waals surface area contributed by atoms with Crippen LogP contribution in [0, 0.1) is 6.92 Å². The van der Waals surface area contributed by atoms with Crippen LogP contribution in [0.1, 0.15) is 31.5 Å². The molecule has 0 spiro atoms. The topological polar surface area (TPSA) is 45.0 Å². The molecule has 3 nitrogen and oxygen atoms in total. The predicted octanol–water partition coefficient (Wildman–Crippen LogP) is 3.04. The van der Waals surface area contributed by atoms with Gasteiger partial charge in [0, 0.05) is 28.7 Å². The lowest BCUT2D eigenvalue weighted by atomic mass is 9.97. The molecule has 0 unspecified atom stereocenters. The number of H-pyrrole nitrogens is 1. The van der Waals surface area contributed by atoms with Gasteiger partial charge in [0.2, 0.25) is 0 Å². The Morgan fingerprint density at radius 1 is 1.26 bits per heavy atom. The average Bonchev–Trinajstić information content (AvgIpc) is 2.66. The summed E-state index contributed by atoms with van der Waals surface area (Å²) < 4.78 is 0. The summed E-state index contributed by atoms with van der Waals surface area (Å²) in [6.45, 7) is 8.33. The van der Waals surface area contributed by atoms with Crippen LogP contribution in [0.3, 0.4) is 0 Å². The summed E-state index contributed by atoms with van der Waals surface area (Å²) in [4.78, 5) is 5.86. The molecule has 19 heavy (non-hydrogen) atoms. The van der Waals surface area contributed by atoms with Gasteiger partial charge in [-0.2, -0.15) is 0 Å². The van der Waals surface area contributed by atoms with E-state index < -0.39 is 0 Å². The fraction of sp³-hybridized carbons (Fsp3) is 0.500. The molecule has 2 rings (SSSR count). The normalized spacial score (nSPS) is 12.5. The van der Waals surface area contributed by atoms with Gasteiger partial charge in [-0.25, -0.2) is 0 Å². The van der Waals surface area contributed by atoms with E-state index in [2.05, 4.69) is 62.0 Å². The summed E-state index contributed by atoms with van der Waals surface area (Å²) in [5, 5.41) is 1.33. The summed E-state index contributed by atoms with van der Waals surface area (Å²) in [6, 6.07) is 8.50.